The number of carbonyl (C=O) groups excluding carboxylic acids is 1. The van der Waals surface area contributed by atoms with Crippen LogP contribution >= 0.6 is 0 Å². The van der Waals surface area contributed by atoms with Gasteiger partial charge in [-0.15, -0.1) is 0 Å². The van der Waals surface area contributed by atoms with E-state index < -0.39 is 0 Å². The van der Waals surface area contributed by atoms with Crippen LogP contribution in [0.1, 0.15) is 24.2 Å². The number of phenolic OH excluding ortho intramolecular Hbond substituents is 1. The molecule has 2 rings (SSSR count). The van der Waals surface area contributed by atoms with E-state index in [1.807, 2.05) is 44.2 Å². The molecule has 0 saturated heterocycles. The maximum absolute atomic E-state index is 11.8. The molecule has 0 radical (unpaired) electrons. The first-order valence-corrected chi connectivity index (χ1v) is 5.36. The summed E-state index contributed by atoms with van der Waals surface area (Å²) in [6.07, 6.45) is 0. The van der Waals surface area contributed by atoms with Gasteiger partial charge in [-0.3, -0.25) is 4.79 Å². The summed E-state index contributed by atoms with van der Waals surface area (Å²) in [4.78, 5) is 11.8. The topological polar surface area (TPSA) is 37.3 Å². The largest absolute Gasteiger partial charge is 0.507 e. The van der Waals surface area contributed by atoms with Gasteiger partial charge in [0.05, 0.1) is 5.56 Å². The summed E-state index contributed by atoms with van der Waals surface area (Å²) in [6, 6.07) is 11.1. The fourth-order valence-electron chi connectivity index (χ4n) is 1.76. The zero-order valence-electron chi connectivity index (χ0n) is 9.40. The van der Waals surface area contributed by atoms with Crippen molar-refractivity contribution in [3.8, 4) is 5.75 Å². The lowest BCUT2D eigenvalue weighted by Crippen LogP contribution is -2.07. The molecule has 0 bridgehead atoms. The molecule has 0 aliphatic rings. The fraction of sp³-hybridized carbons (Fsp3) is 0.214. The van der Waals surface area contributed by atoms with E-state index in [4.69, 9.17) is 0 Å². The molecule has 0 spiro atoms. The predicted molar refractivity (Wildman–Crippen MR) is 64.8 cm³/mol. The molecule has 0 saturated carbocycles. The summed E-state index contributed by atoms with van der Waals surface area (Å²) < 4.78 is 0. The van der Waals surface area contributed by atoms with Gasteiger partial charge < -0.3 is 5.11 Å². The summed E-state index contributed by atoms with van der Waals surface area (Å²) in [5.74, 6) is -0.0351. The number of ketones is 1. The van der Waals surface area contributed by atoms with Crippen LogP contribution in [-0.4, -0.2) is 10.9 Å². The maximum Gasteiger partial charge on any atom is 0.169 e. The number of Topliss-reactive ketones (excluding diaryl/α,β-unsaturated/α-hetero) is 1. The molecule has 16 heavy (non-hydrogen) atoms. The van der Waals surface area contributed by atoms with Crippen molar-refractivity contribution in [3.05, 3.63) is 42.0 Å². The molecule has 2 aromatic carbocycles. The van der Waals surface area contributed by atoms with E-state index in [-0.39, 0.29) is 17.5 Å². The van der Waals surface area contributed by atoms with Gasteiger partial charge >= 0.3 is 0 Å². The quantitative estimate of drug-likeness (QED) is 0.778. The van der Waals surface area contributed by atoms with Crippen LogP contribution in [0.4, 0.5) is 0 Å². The van der Waals surface area contributed by atoms with E-state index in [2.05, 4.69) is 0 Å². The minimum Gasteiger partial charge on any atom is -0.507 e. The molecule has 2 nitrogen and oxygen atoms in total. The molecule has 2 heteroatoms. The number of aromatic hydroxyl groups is 1. The van der Waals surface area contributed by atoms with E-state index in [0.717, 1.165) is 10.8 Å². The Kier molecular flexibility index (Phi) is 2.65. The number of hydrogen-bond acceptors (Lipinski definition) is 2. The third-order valence-corrected chi connectivity index (χ3v) is 2.69. The predicted octanol–water partition coefficient (Wildman–Crippen LogP) is 3.38. The highest BCUT2D eigenvalue weighted by Crippen LogP contribution is 2.29. The van der Waals surface area contributed by atoms with Gasteiger partial charge in [0, 0.05) is 11.3 Å². The second-order valence-electron chi connectivity index (χ2n) is 4.20. The van der Waals surface area contributed by atoms with Crippen molar-refractivity contribution in [2.75, 3.05) is 0 Å². The smallest absolute Gasteiger partial charge is 0.169 e. The third kappa shape index (κ3) is 1.67. The van der Waals surface area contributed by atoms with Crippen LogP contribution in [0.3, 0.4) is 0 Å². The molecule has 2 aromatic rings. The Balaban J connectivity index is 2.65. The van der Waals surface area contributed by atoms with Gasteiger partial charge in [0.1, 0.15) is 5.75 Å². The summed E-state index contributed by atoms with van der Waals surface area (Å²) in [6.45, 7) is 3.66. The van der Waals surface area contributed by atoms with Crippen molar-refractivity contribution in [1.82, 2.24) is 0 Å². The van der Waals surface area contributed by atoms with Crippen LogP contribution in [0.2, 0.25) is 0 Å². The van der Waals surface area contributed by atoms with Gasteiger partial charge in [-0.1, -0.05) is 44.2 Å². The van der Waals surface area contributed by atoms with Crippen molar-refractivity contribution in [2.24, 2.45) is 5.92 Å². The molecule has 0 aliphatic heterocycles. The van der Waals surface area contributed by atoms with Crippen LogP contribution in [0.25, 0.3) is 10.8 Å². The van der Waals surface area contributed by atoms with Crippen LogP contribution < -0.4 is 0 Å². The summed E-state index contributed by atoms with van der Waals surface area (Å²) in [7, 11) is 0. The Bertz CT molecular complexity index is 541. The first-order chi connectivity index (χ1) is 7.61. The molecule has 1 N–H and O–H groups in total. The Labute approximate surface area is 94.5 Å². The Morgan fingerprint density at radius 2 is 1.81 bits per heavy atom. The number of hydrogen-bond donors (Lipinski definition) is 1. The van der Waals surface area contributed by atoms with E-state index in [1.54, 1.807) is 6.07 Å². The van der Waals surface area contributed by atoms with E-state index in [1.165, 1.54) is 0 Å². The number of benzene rings is 2. The average Bonchev–Trinajstić information content (AvgIpc) is 2.29. The first-order valence-electron chi connectivity index (χ1n) is 5.36. The normalized spacial score (nSPS) is 10.9. The minimum atomic E-state index is -0.105. The van der Waals surface area contributed by atoms with Crippen molar-refractivity contribution in [3.63, 3.8) is 0 Å². The van der Waals surface area contributed by atoms with E-state index in [9.17, 15) is 9.90 Å². The zero-order valence-corrected chi connectivity index (χ0v) is 9.40. The molecule has 0 heterocycles. The number of carbonyl (C=O) groups is 1. The second kappa shape index (κ2) is 3.97. The first kappa shape index (κ1) is 10.7. The van der Waals surface area contributed by atoms with Gasteiger partial charge in [0.2, 0.25) is 0 Å². The number of rotatable bonds is 2. The zero-order chi connectivity index (χ0) is 11.7. The van der Waals surface area contributed by atoms with Crippen LogP contribution in [0.15, 0.2) is 36.4 Å². The molecule has 0 atom stereocenters. The van der Waals surface area contributed by atoms with E-state index in [0.29, 0.717) is 5.56 Å². The fourth-order valence-corrected chi connectivity index (χ4v) is 1.76. The van der Waals surface area contributed by atoms with Crippen molar-refractivity contribution < 1.29 is 9.90 Å². The van der Waals surface area contributed by atoms with Crippen molar-refractivity contribution in [1.29, 1.82) is 0 Å². The maximum atomic E-state index is 11.8. The Morgan fingerprint density at radius 1 is 1.12 bits per heavy atom. The van der Waals surface area contributed by atoms with E-state index >= 15 is 0 Å². The van der Waals surface area contributed by atoms with Gasteiger partial charge in [0.15, 0.2) is 5.78 Å². The highest BCUT2D eigenvalue weighted by Gasteiger charge is 2.16. The molecule has 0 aliphatic carbocycles. The Morgan fingerprint density at radius 3 is 2.50 bits per heavy atom. The number of phenols is 1. The van der Waals surface area contributed by atoms with Crippen molar-refractivity contribution in [2.45, 2.75) is 13.8 Å². The van der Waals surface area contributed by atoms with Gasteiger partial charge in [0.25, 0.3) is 0 Å². The second-order valence-corrected chi connectivity index (χ2v) is 4.20. The van der Waals surface area contributed by atoms with Crippen LogP contribution in [0, 0.1) is 5.92 Å². The molecule has 82 valence electrons. The van der Waals surface area contributed by atoms with Gasteiger partial charge in [-0.05, 0) is 11.5 Å². The lowest BCUT2D eigenvalue weighted by atomic mass is 9.97. The molecule has 0 aromatic heterocycles. The Hall–Kier alpha value is -1.83. The number of fused-ring (bicyclic) bond motifs is 1. The van der Waals surface area contributed by atoms with Gasteiger partial charge in [-0.2, -0.15) is 0 Å². The van der Waals surface area contributed by atoms with Crippen LogP contribution in [0.5, 0.6) is 5.75 Å². The monoisotopic (exact) mass is 214 g/mol. The SMILES string of the molecule is CC(C)C(=O)c1ccc2ccccc2c1O. The third-order valence-electron chi connectivity index (χ3n) is 2.69. The molecular weight excluding hydrogens is 200 g/mol. The lowest BCUT2D eigenvalue weighted by molar-refractivity contribution is 0.0937. The molecule has 0 unspecified atom stereocenters. The van der Waals surface area contributed by atoms with Crippen LogP contribution in [-0.2, 0) is 0 Å². The molecule has 0 fully saturated rings. The standard InChI is InChI=1S/C14H14O2/c1-9(2)13(15)12-8-7-10-5-3-4-6-11(10)14(12)16/h3-9,16H,1-2H3. The average molecular weight is 214 g/mol. The summed E-state index contributed by atoms with van der Waals surface area (Å²) in [5.41, 5.74) is 0.411. The highest BCUT2D eigenvalue weighted by atomic mass is 16.3. The molecule has 0 amide bonds. The molecular formula is C14H14O2. The van der Waals surface area contributed by atoms with Crippen molar-refractivity contribution >= 4 is 16.6 Å². The van der Waals surface area contributed by atoms with Gasteiger partial charge in [-0.25, -0.2) is 0 Å². The summed E-state index contributed by atoms with van der Waals surface area (Å²) in [5, 5.41) is 11.7. The minimum absolute atomic E-state index is 0.0248. The highest BCUT2D eigenvalue weighted by molar-refractivity contribution is 6.05. The lowest BCUT2D eigenvalue weighted by Gasteiger charge is -2.08. The summed E-state index contributed by atoms with van der Waals surface area (Å²) >= 11 is 0.